The zero-order valence-electron chi connectivity index (χ0n) is 10.7. The number of aliphatic imine (C=N–C) groups is 1. The number of nitrogens with one attached hydrogen (secondary N) is 1. The lowest BCUT2D eigenvalue weighted by molar-refractivity contribution is -0.00461. The van der Waals surface area contributed by atoms with Crippen molar-refractivity contribution in [2.75, 3.05) is 47.6 Å². The first-order valence-corrected chi connectivity index (χ1v) is 5.57. The van der Waals surface area contributed by atoms with Crippen LogP contribution in [0.4, 0.5) is 0 Å². The summed E-state index contributed by atoms with van der Waals surface area (Å²) in [6, 6.07) is 0. The van der Waals surface area contributed by atoms with Crippen molar-refractivity contribution in [1.82, 2.24) is 10.3 Å². The molecule has 1 heterocycles. The zero-order valence-corrected chi connectivity index (χ0v) is 10.7. The normalized spacial score (nSPS) is 25.4. The second-order valence-corrected chi connectivity index (χ2v) is 3.80. The van der Waals surface area contributed by atoms with Gasteiger partial charge in [0.1, 0.15) is 12.2 Å². The van der Waals surface area contributed by atoms with E-state index in [4.69, 9.17) is 20.1 Å². The second-order valence-electron chi connectivity index (χ2n) is 3.80. The summed E-state index contributed by atoms with van der Waals surface area (Å²) in [5, 5.41) is 0. The molecule has 1 saturated heterocycles. The topological polar surface area (TPSA) is 81.3 Å². The van der Waals surface area contributed by atoms with Crippen molar-refractivity contribution < 1.29 is 14.2 Å². The Bertz CT molecular complexity index is 238. The minimum Gasteiger partial charge on any atom is -0.383 e. The summed E-state index contributed by atoms with van der Waals surface area (Å²) in [4.78, 5) is 6.33. The van der Waals surface area contributed by atoms with Crippen molar-refractivity contribution in [3.05, 3.63) is 0 Å². The fourth-order valence-electron chi connectivity index (χ4n) is 1.85. The summed E-state index contributed by atoms with van der Waals surface area (Å²) in [7, 11) is 5.00. The van der Waals surface area contributed by atoms with Gasteiger partial charge in [-0.15, -0.1) is 0 Å². The van der Waals surface area contributed by atoms with Crippen molar-refractivity contribution >= 4 is 5.96 Å². The number of ether oxygens (including phenoxy) is 3. The highest BCUT2D eigenvalue weighted by Gasteiger charge is 2.34. The minimum atomic E-state index is 0.0426. The van der Waals surface area contributed by atoms with Crippen LogP contribution < -0.4 is 11.3 Å². The molecule has 17 heavy (non-hydrogen) atoms. The van der Waals surface area contributed by atoms with E-state index in [0.29, 0.717) is 32.2 Å². The van der Waals surface area contributed by atoms with Gasteiger partial charge in [0, 0.05) is 34.4 Å². The first kappa shape index (κ1) is 14.2. The first-order valence-electron chi connectivity index (χ1n) is 5.57. The summed E-state index contributed by atoms with van der Waals surface area (Å²) >= 11 is 0. The third-order valence-corrected chi connectivity index (χ3v) is 2.81. The van der Waals surface area contributed by atoms with Crippen LogP contribution in [-0.2, 0) is 14.2 Å². The number of nitrogens with zero attached hydrogens (tertiary/aromatic N) is 2. The molecule has 1 aliphatic heterocycles. The summed E-state index contributed by atoms with van der Waals surface area (Å²) in [5.41, 5.74) is 2.60. The molecule has 0 bridgehead atoms. The third-order valence-electron chi connectivity index (χ3n) is 2.81. The van der Waals surface area contributed by atoms with Crippen LogP contribution in [0.1, 0.15) is 0 Å². The number of rotatable bonds is 5. The highest BCUT2D eigenvalue weighted by molar-refractivity contribution is 5.79. The average Bonchev–Trinajstić information content (AvgIpc) is 2.77. The molecule has 0 spiro atoms. The van der Waals surface area contributed by atoms with Gasteiger partial charge in [0.25, 0.3) is 0 Å². The number of likely N-dealkylation sites (tertiary alicyclic amines) is 1. The minimum absolute atomic E-state index is 0.0426. The van der Waals surface area contributed by atoms with Gasteiger partial charge >= 0.3 is 0 Å². The van der Waals surface area contributed by atoms with E-state index in [9.17, 15) is 0 Å². The van der Waals surface area contributed by atoms with Crippen molar-refractivity contribution in [3.63, 3.8) is 0 Å². The Morgan fingerprint density at radius 2 is 1.88 bits per heavy atom. The van der Waals surface area contributed by atoms with Gasteiger partial charge in [-0.25, -0.2) is 10.8 Å². The quantitative estimate of drug-likeness (QED) is 0.208. The van der Waals surface area contributed by atoms with Gasteiger partial charge in [-0.2, -0.15) is 0 Å². The summed E-state index contributed by atoms with van der Waals surface area (Å²) in [6.07, 6.45) is 0.0851. The number of nitrogens with two attached hydrogens (primary N) is 1. The Kier molecular flexibility index (Phi) is 6.20. The van der Waals surface area contributed by atoms with Gasteiger partial charge < -0.3 is 19.1 Å². The maximum Gasteiger partial charge on any atom is 0.208 e. The van der Waals surface area contributed by atoms with Crippen molar-refractivity contribution in [3.8, 4) is 0 Å². The van der Waals surface area contributed by atoms with Gasteiger partial charge in [-0.1, -0.05) is 0 Å². The summed E-state index contributed by atoms with van der Waals surface area (Å²) in [6.45, 7) is 2.57. The molecule has 1 rings (SSSR count). The van der Waals surface area contributed by atoms with Gasteiger partial charge in [-0.05, 0) is 0 Å². The van der Waals surface area contributed by atoms with E-state index in [0.717, 1.165) is 0 Å². The standard InChI is InChI=1S/C10H22N4O3/c1-15-5-4-12-10(13-11)14-6-8(16-2)9(7-14)17-3/h8-9H,4-7,11H2,1-3H3,(H,12,13). The zero-order chi connectivity index (χ0) is 12.7. The van der Waals surface area contributed by atoms with E-state index < -0.39 is 0 Å². The van der Waals surface area contributed by atoms with Crippen LogP contribution in [0, 0.1) is 0 Å². The molecule has 0 saturated carbocycles. The van der Waals surface area contributed by atoms with Gasteiger partial charge in [0.15, 0.2) is 0 Å². The Morgan fingerprint density at radius 3 is 2.29 bits per heavy atom. The van der Waals surface area contributed by atoms with Crippen LogP contribution >= 0.6 is 0 Å². The molecule has 1 fully saturated rings. The maximum atomic E-state index is 5.46. The first-order chi connectivity index (χ1) is 8.26. The monoisotopic (exact) mass is 246 g/mol. The fourth-order valence-corrected chi connectivity index (χ4v) is 1.85. The molecule has 2 atom stereocenters. The Labute approximate surface area is 102 Å². The molecule has 0 aromatic carbocycles. The van der Waals surface area contributed by atoms with Crippen LogP contribution in [0.5, 0.6) is 0 Å². The third kappa shape index (κ3) is 3.81. The Hall–Kier alpha value is -0.890. The second kappa shape index (κ2) is 7.44. The van der Waals surface area contributed by atoms with E-state index in [1.807, 2.05) is 4.90 Å². The highest BCUT2D eigenvalue weighted by Crippen LogP contribution is 2.15. The van der Waals surface area contributed by atoms with Crippen molar-refractivity contribution in [2.24, 2.45) is 10.8 Å². The largest absolute Gasteiger partial charge is 0.383 e. The van der Waals surface area contributed by atoms with E-state index in [1.54, 1.807) is 21.3 Å². The fraction of sp³-hybridized carbons (Fsp3) is 0.900. The molecule has 100 valence electrons. The van der Waals surface area contributed by atoms with Crippen LogP contribution in [0.15, 0.2) is 4.99 Å². The number of hydrogen-bond donors (Lipinski definition) is 2. The molecule has 1 aliphatic rings. The lowest BCUT2D eigenvalue weighted by Crippen LogP contribution is -2.44. The molecule has 0 amide bonds. The van der Waals surface area contributed by atoms with E-state index in [-0.39, 0.29) is 12.2 Å². The number of hydrazine groups is 1. The smallest absolute Gasteiger partial charge is 0.208 e. The van der Waals surface area contributed by atoms with Crippen molar-refractivity contribution in [1.29, 1.82) is 0 Å². The van der Waals surface area contributed by atoms with Crippen LogP contribution in [0.2, 0.25) is 0 Å². The predicted molar refractivity (Wildman–Crippen MR) is 64.7 cm³/mol. The maximum absolute atomic E-state index is 5.46. The van der Waals surface area contributed by atoms with Crippen LogP contribution in [0.3, 0.4) is 0 Å². The summed E-state index contributed by atoms with van der Waals surface area (Å²) in [5.74, 6) is 6.11. The molecular weight excluding hydrogens is 224 g/mol. The Balaban J connectivity index is 2.56. The molecule has 0 aromatic heterocycles. The molecule has 7 nitrogen and oxygen atoms in total. The molecule has 0 radical (unpaired) electrons. The Morgan fingerprint density at radius 1 is 1.29 bits per heavy atom. The van der Waals surface area contributed by atoms with E-state index in [1.165, 1.54) is 0 Å². The molecule has 0 aliphatic carbocycles. The lowest BCUT2D eigenvalue weighted by Gasteiger charge is -2.19. The average molecular weight is 246 g/mol. The highest BCUT2D eigenvalue weighted by atomic mass is 16.5. The van der Waals surface area contributed by atoms with Gasteiger partial charge in [0.2, 0.25) is 5.96 Å². The van der Waals surface area contributed by atoms with E-state index in [2.05, 4.69) is 10.4 Å². The SMILES string of the molecule is COCCN=C(NN)N1CC(OC)C(OC)C1. The molecule has 2 unspecified atom stereocenters. The molecule has 0 aromatic rings. The molecule has 3 N–H and O–H groups in total. The number of hydrogen-bond acceptors (Lipinski definition) is 5. The number of guanidine groups is 1. The lowest BCUT2D eigenvalue weighted by atomic mass is 10.3. The van der Waals surface area contributed by atoms with Crippen LogP contribution in [0.25, 0.3) is 0 Å². The predicted octanol–water partition coefficient (Wildman–Crippen LogP) is -1.20. The molecular formula is C10H22N4O3. The van der Waals surface area contributed by atoms with Crippen LogP contribution in [-0.4, -0.2) is 70.6 Å². The summed E-state index contributed by atoms with van der Waals surface area (Å²) < 4.78 is 15.6. The van der Waals surface area contributed by atoms with Gasteiger partial charge in [-0.3, -0.25) is 5.43 Å². The number of methoxy groups -OCH3 is 3. The molecule has 7 heteroatoms. The van der Waals surface area contributed by atoms with E-state index >= 15 is 0 Å². The van der Waals surface area contributed by atoms with Crippen molar-refractivity contribution in [2.45, 2.75) is 12.2 Å². The van der Waals surface area contributed by atoms with Gasteiger partial charge in [0.05, 0.1) is 13.2 Å².